The van der Waals surface area contributed by atoms with Crippen LogP contribution in [0.3, 0.4) is 0 Å². The van der Waals surface area contributed by atoms with E-state index in [2.05, 4.69) is 70.2 Å². The molecular formula is C23H29O2P. The van der Waals surface area contributed by atoms with Gasteiger partial charge in [-0.05, 0) is 54.4 Å². The first kappa shape index (κ1) is 19.0. The SMILES string of the molecule is CC(C)c1ccccc1OP(Oc1ccccc1C(C)C)C1=CCCC1. The van der Waals surface area contributed by atoms with Crippen LogP contribution in [0.2, 0.25) is 0 Å². The average molecular weight is 368 g/mol. The van der Waals surface area contributed by atoms with Crippen LogP contribution in [0.5, 0.6) is 11.5 Å². The standard InChI is InChI=1S/C23H29O2P/c1-17(2)20-13-7-9-15-22(20)24-26(19-11-5-6-12-19)25-23-16-10-8-14-21(23)18(3)4/h7-11,13-18H,5-6,12H2,1-4H3. The van der Waals surface area contributed by atoms with E-state index in [9.17, 15) is 0 Å². The molecular weight excluding hydrogens is 339 g/mol. The molecule has 2 nitrogen and oxygen atoms in total. The minimum Gasteiger partial charge on any atom is -0.435 e. The van der Waals surface area contributed by atoms with Crippen LogP contribution in [0.4, 0.5) is 0 Å². The zero-order chi connectivity index (χ0) is 18.5. The van der Waals surface area contributed by atoms with Crippen molar-refractivity contribution >= 4 is 8.38 Å². The van der Waals surface area contributed by atoms with Gasteiger partial charge >= 0.3 is 8.38 Å². The fraction of sp³-hybridized carbons (Fsp3) is 0.391. The Morgan fingerprint density at radius 2 is 1.27 bits per heavy atom. The molecule has 138 valence electrons. The van der Waals surface area contributed by atoms with Gasteiger partial charge in [0.1, 0.15) is 11.5 Å². The van der Waals surface area contributed by atoms with Gasteiger partial charge in [0.25, 0.3) is 0 Å². The number of allylic oxidation sites excluding steroid dienone is 2. The number of para-hydroxylation sites is 2. The van der Waals surface area contributed by atoms with Gasteiger partial charge in [0.05, 0.1) is 0 Å². The lowest BCUT2D eigenvalue weighted by Crippen LogP contribution is -2.02. The van der Waals surface area contributed by atoms with Crippen molar-refractivity contribution in [2.24, 2.45) is 0 Å². The van der Waals surface area contributed by atoms with Gasteiger partial charge in [0.2, 0.25) is 0 Å². The van der Waals surface area contributed by atoms with Gasteiger partial charge in [-0.1, -0.05) is 70.2 Å². The summed E-state index contributed by atoms with van der Waals surface area (Å²) in [6, 6.07) is 16.7. The number of benzene rings is 2. The van der Waals surface area contributed by atoms with Crippen molar-refractivity contribution in [2.75, 3.05) is 0 Å². The number of hydrogen-bond acceptors (Lipinski definition) is 2. The Labute approximate surface area is 159 Å². The molecule has 3 rings (SSSR count). The van der Waals surface area contributed by atoms with Gasteiger partial charge in [-0.2, -0.15) is 0 Å². The highest BCUT2D eigenvalue weighted by Crippen LogP contribution is 2.53. The van der Waals surface area contributed by atoms with Crippen molar-refractivity contribution in [3.05, 3.63) is 71.0 Å². The molecule has 0 amide bonds. The molecule has 0 fully saturated rings. The summed E-state index contributed by atoms with van der Waals surface area (Å²) < 4.78 is 13.0. The first-order chi connectivity index (χ1) is 12.6. The smallest absolute Gasteiger partial charge is 0.321 e. The van der Waals surface area contributed by atoms with Crippen molar-refractivity contribution in [1.82, 2.24) is 0 Å². The zero-order valence-corrected chi connectivity index (χ0v) is 17.1. The summed E-state index contributed by atoms with van der Waals surface area (Å²) in [5.74, 6) is 2.74. The van der Waals surface area contributed by atoms with Crippen LogP contribution in [0.15, 0.2) is 59.9 Å². The van der Waals surface area contributed by atoms with Crippen molar-refractivity contribution in [1.29, 1.82) is 0 Å². The summed E-state index contributed by atoms with van der Waals surface area (Å²) in [4.78, 5) is 0. The highest BCUT2D eigenvalue weighted by Gasteiger charge is 2.25. The molecule has 0 heterocycles. The minimum absolute atomic E-state index is 0.420. The van der Waals surface area contributed by atoms with Crippen LogP contribution in [-0.2, 0) is 0 Å². The molecule has 3 heteroatoms. The highest BCUT2D eigenvalue weighted by atomic mass is 31.2. The van der Waals surface area contributed by atoms with Crippen LogP contribution >= 0.6 is 8.38 Å². The van der Waals surface area contributed by atoms with E-state index in [1.54, 1.807) is 0 Å². The van der Waals surface area contributed by atoms with Crippen LogP contribution in [0.25, 0.3) is 0 Å². The maximum atomic E-state index is 6.50. The first-order valence-corrected chi connectivity index (χ1v) is 10.8. The van der Waals surface area contributed by atoms with Gasteiger partial charge in [-0.3, -0.25) is 0 Å². The fourth-order valence-electron chi connectivity index (χ4n) is 3.22. The summed E-state index contributed by atoms with van der Waals surface area (Å²) in [6.07, 6.45) is 5.69. The van der Waals surface area contributed by atoms with Gasteiger partial charge in [-0.15, -0.1) is 0 Å². The lowest BCUT2D eigenvalue weighted by molar-refractivity contribution is 0.485. The molecule has 0 unspecified atom stereocenters. The maximum Gasteiger partial charge on any atom is 0.321 e. The van der Waals surface area contributed by atoms with Crippen molar-refractivity contribution in [3.63, 3.8) is 0 Å². The van der Waals surface area contributed by atoms with Crippen molar-refractivity contribution in [2.45, 2.75) is 58.8 Å². The Balaban J connectivity index is 1.90. The normalized spacial score (nSPS) is 14.2. The Hall–Kier alpha value is -1.79. The molecule has 26 heavy (non-hydrogen) atoms. The fourth-order valence-corrected chi connectivity index (χ4v) is 4.80. The topological polar surface area (TPSA) is 18.5 Å². The number of hydrogen-bond donors (Lipinski definition) is 0. The van der Waals surface area contributed by atoms with E-state index in [1.807, 2.05) is 12.1 Å². The summed E-state index contributed by atoms with van der Waals surface area (Å²) >= 11 is 0. The summed E-state index contributed by atoms with van der Waals surface area (Å²) in [6.45, 7) is 8.81. The second-order valence-corrected chi connectivity index (χ2v) is 8.87. The molecule has 0 radical (unpaired) electrons. The average Bonchev–Trinajstić information content (AvgIpc) is 3.16. The van der Waals surface area contributed by atoms with E-state index >= 15 is 0 Å². The molecule has 1 aliphatic rings. The summed E-state index contributed by atoms with van der Waals surface area (Å²) in [5.41, 5.74) is 2.47. The van der Waals surface area contributed by atoms with E-state index in [-0.39, 0.29) is 0 Å². The largest absolute Gasteiger partial charge is 0.435 e. The molecule has 2 aromatic carbocycles. The van der Waals surface area contributed by atoms with Crippen LogP contribution < -0.4 is 9.05 Å². The van der Waals surface area contributed by atoms with Gasteiger partial charge in [0.15, 0.2) is 0 Å². The minimum atomic E-state index is -1.14. The predicted octanol–water partition coefficient (Wildman–Crippen LogP) is 7.77. The van der Waals surface area contributed by atoms with Crippen LogP contribution in [0.1, 0.15) is 69.9 Å². The second-order valence-electron chi connectivity index (χ2n) is 7.41. The van der Waals surface area contributed by atoms with Crippen molar-refractivity contribution < 1.29 is 9.05 Å². The highest BCUT2D eigenvalue weighted by molar-refractivity contribution is 7.52. The second kappa shape index (κ2) is 8.73. The van der Waals surface area contributed by atoms with Gasteiger partial charge in [0, 0.05) is 5.31 Å². The summed E-state index contributed by atoms with van der Waals surface area (Å²) in [7, 11) is -1.14. The molecule has 0 aliphatic heterocycles. The molecule has 0 saturated heterocycles. The summed E-state index contributed by atoms with van der Waals surface area (Å²) in [5, 5.41) is 1.32. The molecule has 0 saturated carbocycles. The van der Waals surface area contributed by atoms with Crippen LogP contribution in [0, 0.1) is 0 Å². The van der Waals surface area contributed by atoms with E-state index in [1.165, 1.54) is 22.9 Å². The Bertz CT molecular complexity index is 711. The third kappa shape index (κ3) is 4.48. The quantitative estimate of drug-likeness (QED) is 0.465. The third-order valence-electron chi connectivity index (χ3n) is 4.70. The van der Waals surface area contributed by atoms with Gasteiger partial charge < -0.3 is 9.05 Å². The van der Waals surface area contributed by atoms with E-state index in [4.69, 9.17) is 9.05 Å². The molecule has 2 aromatic rings. The molecule has 0 bridgehead atoms. The maximum absolute atomic E-state index is 6.50. The Morgan fingerprint density at radius 3 is 1.69 bits per heavy atom. The molecule has 0 N–H and O–H groups in total. The van der Waals surface area contributed by atoms with Crippen molar-refractivity contribution in [3.8, 4) is 11.5 Å². The van der Waals surface area contributed by atoms with E-state index < -0.39 is 8.38 Å². The zero-order valence-electron chi connectivity index (χ0n) is 16.2. The molecule has 0 spiro atoms. The van der Waals surface area contributed by atoms with E-state index in [0.717, 1.165) is 24.3 Å². The Kier molecular flexibility index (Phi) is 6.38. The predicted molar refractivity (Wildman–Crippen MR) is 111 cm³/mol. The molecule has 1 aliphatic carbocycles. The third-order valence-corrected chi connectivity index (χ3v) is 6.30. The molecule has 0 atom stereocenters. The first-order valence-electron chi connectivity index (χ1n) is 9.59. The molecule has 0 aromatic heterocycles. The lowest BCUT2D eigenvalue weighted by Gasteiger charge is -2.24. The number of rotatable bonds is 7. The lowest BCUT2D eigenvalue weighted by atomic mass is 10.0. The van der Waals surface area contributed by atoms with Crippen LogP contribution in [-0.4, -0.2) is 0 Å². The van der Waals surface area contributed by atoms with Gasteiger partial charge in [-0.25, -0.2) is 0 Å². The van der Waals surface area contributed by atoms with E-state index in [0.29, 0.717) is 11.8 Å². The monoisotopic (exact) mass is 368 g/mol. The Morgan fingerprint density at radius 1 is 0.769 bits per heavy atom.